The van der Waals surface area contributed by atoms with Gasteiger partial charge in [0.25, 0.3) is 0 Å². The first-order valence-electron chi connectivity index (χ1n) is 10.5. The lowest BCUT2D eigenvalue weighted by Gasteiger charge is -2.35. The molecule has 0 aliphatic carbocycles. The van der Waals surface area contributed by atoms with Gasteiger partial charge >= 0.3 is 0 Å². The topological polar surface area (TPSA) is 42.9 Å². The maximum absolute atomic E-state index is 4.38. The Balaban J connectivity index is 1.68. The van der Waals surface area contributed by atoms with Gasteiger partial charge in [-0.05, 0) is 30.9 Å². The van der Waals surface area contributed by atoms with Crippen LogP contribution < -0.4 is 10.6 Å². The predicted molar refractivity (Wildman–Crippen MR) is 117 cm³/mol. The molecule has 0 radical (unpaired) electrons. The second kappa shape index (κ2) is 11.3. The van der Waals surface area contributed by atoms with Gasteiger partial charge in [0.05, 0.1) is 0 Å². The van der Waals surface area contributed by atoms with Crippen molar-refractivity contribution in [3.8, 4) is 0 Å². The van der Waals surface area contributed by atoms with Gasteiger partial charge in [0.15, 0.2) is 5.96 Å². The van der Waals surface area contributed by atoms with E-state index in [0.717, 1.165) is 25.6 Å². The van der Waals surface area contributed by atoms with Crippen molar-refractivity contribution >= 4 is 5.96 Å². The smallest absolute Gasteiger partial charge is 0.191 e. The molecule has 27 heavy (non-hydrogen) atoms. The number of benzene rings is 1. The Morgan fingerprint density at radius 1 is 1.00 bits per heavy atom. The van der Waals surface area contributed by atoms with Crippen molar-refractivity contribution < 1.29 is 0 Å². The maximum Gasteiger partial charge on any atom is 0.191 e. The van der Waals surface area contributed by atoms with Gasteiger partial charge in [-0.3, -0.25) is 4.99 Å². The highest BCUT2D eigenvalue weighted by molar-refractivity contribution is 5.79. The highest BCUT2D eigenvalue weighted by Crippen LogP contribution is 2.14. The lowest BCUT2D eigenvalue weighted by atomic mass is 10.0. The van der Waals surface area contributed by atoms with E-state index in [-0.39, 0.29) is 0 Å². The molecule has 0 saturated carbocycles. The molecule has 1 fully saturated rings. The number of nitrogens with one attached hydrogen (secondary N) is 2. The van der Waals surface area contributed by atoms with Crippen molar-refractivity contribution in [1.29, 1.82) is 0 Å². The summed E-state index contributed by atoms with van der Waals surface area (Å²) in [7, 11) is 1.85. The summed E-state index contributed by atoms with van der Waals surface area (Å²) in [5.74, 6) is 1.96. The van der Waals surface area contributed by atoms with Crippen molar-refractivity contribution in [2.75, 3.05) is 59.4 Å². The van der Waals surface area contributed by atoms with E-state index < -0.39 is 0 Å². The summed E-state index contributed by atoms with van der Waals surface area (Å²) in [6, 6.07) is 8.80. The van der Waals surface area contributed by atoms with Crippen molar-refractivity contribution in [2.24, 2.45) is 10.9 Å². The fourth-order valence-corrected chi connectivity index (χ4v) is 3.55. The van der Waals surface area contributed by atoms with Gasteiger partial charge in [-0.2, -0.15) is 0 Å². The first-order chi connectivity index (χ1) is 13.0. The quantitative estimate of drug-likeness (QED) is 0.543. The molecule has 1 aromatic rings. The molecule has 1 heterocycles. The van der Waals surface area contributed by atoms with Crippen LogP contribution in [0.5, 0.6) is 0 Å². The van der Waals surface area contributed by atoms with Gasteiger partial charge in [0.1, 0.15) is 0 Å². The zero-order valence-corrected chi connectivity index (χ0v) is 18.0. The Morgan fingerprint density at radius 3 is 2.19 bits per heavy atom. The zero-order valence-electron chi connectivity index (χ0n) is 18.0. The van der Waals surface area contributed by atoms with Gasteiger partial charge in [-0.1, -0.05) is 50.6 Å². The number of piperazine rings is 1. The monoisotopic (exact) mass is 373 g/mol. The predicted octanol–water partition coefficient (Wildman–Crippen LogP) is 2.54. The van der Waals surface area contributed by atoms with Crippen molar-refractivity contribution in [1.82, 2.24) is 20.4 Å². The molecule has 0 aromatic heterocycles. The fourth-order valence-electron chi connectivity index (χ4n) is 3.55. The lowest BCUT2D eigenvalue weighted by Crippen LogP contribution is -2.48. The molecular formula is C22H39N5. The van der Waals surface area contributed by atoms with Crippen LogP contribution in [-0.2, 0) is 0 Å². The molecule has 5 nitrogen and oxygen atoms in total. The number of hydrogen-bond acceptors (Lipinski definition) is 3. The minimum absolute atomic E-state index is 0.455. The molecule has 0 bridgehead atoms. The summed E-state index contributed by atoms with van der Waals surface area (Å²) in [6.07, 6.45) is 0. The first-order valence-corrected chi connectivity index (χ1v) is 10.5. The second-order valence-corrected chi connectivity index (χ2v) is 7.99. The summed E-state index contributed by atoms with van der Waals surface area (Å²) in [6.45, 7) is 17.9. The Hall–Kier alpha value is -1.59. The summed E-state index contributed by atoms with van der Waals surface area (Å²) < 4.78 is 0. The van der Waals surface area contributed by atoms with E-state index in [9.17, 15) is 0 Å². The van der Waals surface area contributed by atoms with Crippen molar-refractivity contribution in [3.63, 3.8) is 0 Å². The molecule has 2 unspecified atom stereocenters. The lowest BCUT2D eigenvalue weighted by molar-refractivity contribution is 0.124. The van der Waals surface area contributed by atoms with Gasteiger partial charge in [-0.15, -0.1) is 0 Å². The standard InChI is InChI=1S/C22H39N5/c1-6-26-11-13-27(14-12-26)17-19(3)15-24-22(23-5)25-16-20(4)21-9-7-18(2)8-10-21/h7-10,19-20H,6,11-17H2,1-5H3,(H2,23,24,25). The summed E-state index contributed by atoms with van der Waals surface area (Å²) in [5.41, 5.74) is 2.67. The van der Waals surface area contributed by atoms with E-state index in [2.05, 4.69) is 77.4 Å². The number of rotatable bonds is 8. The average Bonchev–Trinajstić information content (AvgIpc) is 2.69. The van der Waals surface area contributed by atoms with Crippen molar-refractivity contribution in [3.05, 3.63) is 35.4 Å². The van der Waals surface area contributed by atoms with Crippen LogP contribution in [0.25, 0.3) is 0 Å². The van der Waals surface area contributed by atoms with E-state index in [1.165, 1.54) is 43.9 Å². The minimum Gasteiger partial charge on any atom is -0.356 e. The molecule has 1 aliphatic rings. The van der Waals surface area contributed by atoms with Crippen LogP contribution in [0.1, 0.15) is 37.8 Å². The molecule has 152 valence electrons. The van der Waals surface area contributed by atoms with E-state index in [4.69, 9.17) is 0 Å². The van der Waals surface area contributed by atoms with Crippen molar-refractivity contribution in [2.45, 2.75) is 33.6 Å². The van der Waals surface area contributed by atoms with Gasteiger partial charge in [0, 0.05) is 52.9 Å². The summed E-state index contributed by atoms with van der Waals surface area (Å²) >= 11 is 0. The molecule has 0 spiro atoms. The molecule has 2 atom stereocenters. The Bertz CT molecular complexity index is 561. The fraction of sp³-hybridized carbons (Fsp3) is 0.682. The van der Waals surface area contributed by atoms with E-state index in [1.807, 2.05) is 7.05 Å². The second-order valence-electron chi connectivity index (χ2n) is 7.99. The molecule has 1 aliphatic heterocycles. The highest BCUT2D eigenvalue weighted by Gasteiger charge is 2.17. The van der Waals surface area contributed by atoms with Crippen LogP contribution in [0.2, 0.25) is 0 Å². The number of guanidine groups is 1. The van der Waals surface area contributed by atoms with Crippen LogP contribution in [0.3, 0.4) is 0 Å². The third-order valence-corrected chi connectivity index (χ3v) is 5.55. The van der Waals surface area contributed by atoms with E-state index in [1.54, 1.807) is 0 Å². The molecule has 2 N–H and O–H groups in total. The van der Waals surface area contributed by atoms with E-state index >= 15 is 0 Å². The van der Waals surface area contributed by atoms with E-state index in [0.29, 0.717) is 11.8 Å². The molecule has 2 rings (SSSR count). The molecular weight excluding hydrogens is 334 g/mol. The zero-order chi connectivity index (χ0) is 19.6. The largest absolute Gasteiger partial charge is 0.356 e. The third kappa shape index (κ3) is 7.51. The Morgan fingerprint density at radius 2 is 1.59 bits per heavy atom. The Labute approximate surface area is 166 Å². The summed E-state index contributed by atoms with van der Waals surface area (Å²) in [5, 5.41) is 6.97. The Kier molecular flexibility index (Phi) is 9.08. The normalized spacial score (nSPS) is 18.9. The minimum atomic E-state index is 0.455. The van der Waals surface area contributed by atoms with Crippen LogP contribution in [-0.4, -0.2) is 75.2 Å². The number of aliphatic imine (C=N–C) groups is 1. The third-order valence-electron chi connectivity index (χ3n) is 5.55. The van der Waals surface area contributed by atoms with Gasteiger partial charge < -0.3 is 20.4 Å². The molecule has 1 saturated heterocycles. The highest BCUT2D eigenvalue weighted by atomic mass is 15.3. The SMILES string of the molecule is CCN1CCN(CC(C)CNC(=NC)NCC(C)c2ccc(C)cc2)CC1. The van der Waals surface area contributed by atoms with Gasteiger partial charge in [-0.25, -0.2) is 0 Å². The van der Waals surface area contributed by atoms with Crippen LogP contribution in [0, 0.1) is 12.8 Å². The maximum atomic E-state index is 4.38. The van der Waals surface area contributed by atoms with Crippen LogP contribution in [0.4, 0.5) is 0 Å². The molecule has 0 amide bonds. The van der Waals surface area contributed by atoms with Crippen LogP contribution >= 0.6 is 0 Å². The molecule has 1 aromatic carbocycles. The number of hydrogen-bond donors (Lipinski definition) is 2. The molecule has 5 heteroatoms. The van der Waals surface area contributed by atoms with Gasteiger partial charge in [0.2, 0.25) is 0 Å². The number of likely N-dealkylation sites (N-methyl/N-ethyl adjacent to an activating group) is 1. The number of aryl methyl sites for hydroxylation is 1. The van der Waals surface area contributed by atoms with Crippen LogP contribution in [0.15, 0.2) is 29.3 Å². The average molecular weight is 374 g/mol. The summed E-state index contributed by atoms with van der Waals surface area (Å²) in [4.78, 5) is 9.50. The first kappa shape index (κ1) is 21.7. The number of nitrogens with zero attached hydrogens (tertiary/aromatic N) is 3.